The third-order valence-electron chi connectivity index (χ3n) is 7.31. The second-order valence-corrected chi connectivity index (χ2v) is 12.9. The van der Waals surface area contributed by atoms with E-state index in [1.165, 1.54) is 0 Å². The summed E-state index contributed by atoms with van der Waals surface area (Å²) in [6.45, 7) is 2.74. The molecule has 1 saturated heterocycles. The molecule has 0 spiro atoms. The van der Waals surface area contributed by atoms with Crippen molar-refractivity contribution in [3.05, 3.63) is 130 Å². The largest absolute Gasteiger partial charge is 0.298 e. The fourth-order valence-electron chi connectivity index (χ4n) is 5.31. The summed E-state index contributed by atoms with van der Waals surface area (Å²) in [4.78, 5) is 4.97. The van der Waals surface area contributed by atoms with Crippen LogP contribution in [0.15, 0.2) is 118 Å². The highest BCUT2D eigenvalue weighted by Crippen LogP contribution is 2.34. The molecule has 3 aromatic carbocycles. The number of fused-ring (bicyclic) bond motifs is 1. The molecule has 0 N–H and O–H groups in total. The highest BCUT2D eigenvalue weighted by molar-refractivity contribution is 9.10. The average molecular weight is 599 g/mol. The van der Waals surface area contributed by atoms with Gasteiger partial charge >= 0.3 is 0 Å². The summed E-state index contributed by atoms with van der Waals surface area (Å²) in [5, 5.41) is 1.14. The van der Waals surface area contributed by atoms with Crippen molar-refractivity contribution in [1.82, 2.24) is 13.9 Å². The fourth-order valence-corrected chi connectivity index (χ4v) is 7.04. The van der Waals surface area contributed by atoms with Crippen LogP contribution in [0.4, 0.5) is 0 Å². The van der Waals surface area contributed by atoms with Gasteiger partial charge in [-0.2, -0.15) is 4.31 Å². The Kier molecular flexibility index (Phi) is 6.97. The number of nitrogens with zero attached hydrogens (tertiary/aromatic N) is 3. The number of pyridine rings is 1. The topological polar surface area (TPSA) is 55.2 Å². The number of benzene rings is 3. The van der Waals surface area contributed by atoms with E-state index in [1.54, 1.807) is 22.6 Å². The smallest absolute Gasteiger partial charge is 0.243 e. The maximum Gasteiger partial charge on any atom is 0.243 e. The molecule has 7 heteroatoms. The SMILES string of the molecule is Cc1ccc(S(=O)(=O)N2C/C(=C\c3ccc(Br)cc3)[C@@H](Cc3cc4ccccc4n3-c3ccccn3)C2)cc1. The molecule has 0 saturated carbocycles. The molecule has 39 heavy (non-hydrogen) atoms. The zero-order valence-corrected chi connectivity index (χ0v) is 23.9. The molecule has 0 amide bonds. The molecule has 1 aliphatic heterocycles. The number of halogens is 1. The first-order valence-corrected chi connectivity index (χ1v) is 15.2. The number of sulfonamides is 1. The van der Waals surface area contributed by atoms with Gasteiger partial charge in [-0.25, -0.2) is 13.4 Å². The van der Waals surface area contributed by atoms with Crippen LogP contribution in [-0.4, -0.2) is 35.4 Å². The van der Waals surface area contributed by atoms with E-state index in [9.17, 15) is 8.42 Å². The molecule has 2 aromatic heterocycles. The van der Waals surface area contributed by atoms with Gasteiger partial charge in [0.15, 0.2) is 0 Å². The van der Waals surface area contributed by atoms with E-state index in [2.05, 4.69) is 61.9 Å². The molecule has 0 bridgehead atoms. The first-order valence-electron chi connectivity index (χ1n) is 12.9. The zero-order chi connectivity index (χ0) is 27.0. The van der Waals surface area contributed by atoms with Crippen molar-refractivity contribution < 1.29 is 8.42 Å². The lowest BCUT2D eigenvalue weighted by molar-refractivity contribution is 0.455. The van der Waals surface area contributed by atoms with Crippen molar-refractivity contribution in [3.8, 4) is 5.82 Å². The molecule has 1 aliphatic rings. The second kappa shape index (κ2) is 10.6. The summed E-state index contributed by atoms with van der Waals surface area (Å²) in [6.07, 6.45) is 4.64. The number of aryl methyl sites for hydroxylation is 1. The Balaban J connectivity index is 1.41. The van der Waals surface area contributed by atoms with Crippen LogP contribution in [0.2, 0.25) is 0 Å². The Morgan fingerprint density at radius 1 is 0.949 bits per heavy atom. The quantitative estimate of drug-likeness (QED) is 0.211. The molecule has 196 valence electrons. The average Bonchev–Trinajstić information content (AvgIpc) is 3.52. The maximum absolute atomic E-state index is 13.7. The third kappa shape index (κ3) is 5.22. The monoisotopic (exact) mass is 597 g/mol. The Morgan fingerprint density at radius 2 is 1.69 bits per heavy atom. The van der Waals surface area contributed by atoms with Crippen molar-refractivity contribution in [1.29, 1.82) is 0 Å². The summed E-state index contributed by atoms with van der Waals surface area (Å²) in [6, 6.07) is 31.7. The van der Waals surface area contributed by atoms with Crippen molar-refractivity contribution in [2.45, 2.75) is 18.2 Å². The minimum absolute atomic E-state index is 0.0145. The number of hydrogen-bond acceptors (Lipinski definition) is 3. The lowest BCUT2D eigenvalue weighted by Crippen LogP contribution is -2.29. The zero-order valence-electron chi connectivity index (χ0n) is 21.5. The second-order valence-electron chi connectivity index (χ2n) is 10.0. The van der Waals surface area contributed by atoms with Gasteiger partial charge in [0.05, 0.1) is 10.4 Å². The van der Waals surface area contributed by atoms with Crippen LogP contribution < -0.4 is 0 Å². The molecule has 1 fully saturated rings. The van der Waals surface area contributed by atoms with Crippen LogP contribution >= 0.6 is 15.9 Å². The lowest BCUT2D eigenvalue weighted by Gasteiger charge is -2.17. The summed E-state index contributed by atoms with van der Waals surface area (Å²) >= 11 is 3.51. The Bertz CT molecular complexity index is 1760. The van der Waals surface area contributed by atoms with E-state index >= 15 is 0 Å². The molecule has 0 unspecified atom stereocenters. The van der Waals surface area contributed by atoms with Gasteiger partial charge in [0.2, 0.25) is 10.0 Å². The molecule has 5 aromatic rings. The van der Waals surface area contributed by atoms with E-state index in [4.69, 9.17) is 0 Å². The predicted octanol–water partition coefficient (Wildman–Crippen LogP) is 7.04. The van der Waals surface area contributed by atoms with Crippen LogP contribution in [0.3, 0.4) is 0 Å². The van der Waals surface area contributed by atoms with Crippen molar-refractivity contribution in [2.24, 2.45) is 5.92 Å². The van der Waals surface area contributed by atoms with Crippen LogP contribution in [-0.2, 0) is 16.4 Å². The third-order valence-corrected chi connectivity index (χ3v) is 9.66. The molecule has 0 aliphatic carbocycles. The van der Waals surface area contributed by atoms with E-state index in [0.29, 0.717) is 24.4 Å². The van der Waals surface area contributed by atoms with E-state index in [0.717, 1.165) is 43.6 Å². The summed E-state index contributed by atoms with van der Waals surface area (Å²) in [5.41, 5.74) is 5.39. The van der Waals surface area contributed by atoms with Crippen molar-refractivity contribution in [3.63, 3.8) is 0 Å². The molecule has 0 radical (unpaired) electrons. The first kappa shape index (κ1) is 25.7. The molecular weight excluding hydrogens is 570 g/mol. The lowest BCUT2D eigenvalue weighted by atomic mass is 9.95. The summed E-state index contributed by atoms with van der Waals surface area (Å²) in [7, 11) is -3.63. The predicted molar refractivity (Wildman–Crippen MR) is 160 cm³/mol. The highest BCUT2D eigenvalue weighted by atomic mass is 79.9. The number of rotatable bonds is 6. The van der Waals surface area contributed by atoms with Crippen LogP contribution in [0.1, 0.15) is 16.8 Å². The van der Waals surface area contributed by atoms with Gasteiger partial charge in [0.1, 0.15) is 5.82 Å². The van der Waals surface area contributed by atoms with Crippen molar-refractivity contribution in [2.75, 3.05) is 13.1 Å². The van der Waals surface area contributed by atoms with E-state index in [-0.39, 0.29) is 5.92 Å². The van der Waals surface area contributed by atoms with E-state index in [1.807, 2.05) is 61.5 Å². The Morgan fingerprint density at radius 3 is 2.44 bits per heavy atom. The molecule has 3 heterocycles. The van der Waals surface area contributed by atoms with Crippen LogP contribution in [0, 0.1) is 12.8 Å². The summed E-state index contributed by atoms with van der Waals surface area (Å²) < 4.78 is 32.2. The fraction of sp³-hybridized carbons (Fsp3) is 0.156. The van der Waals surface area contributed by atoms with Gasteiger partial charge in [-0.05, 0) is 73.0 Å². The summed E-state index contributed by atoms with van der Waals surface area (Å²) in [5.74, 6) is 0.870. The minimum Gasteiger partial charge on any atom is -0.298 e. The van der Waals surface area contributed by atoms with Crippen LogP contribution in [0.25, 0.3) is 22.8 Å². The molecule has 6 rings (SSSR count). The number of hydrogen-bond donors (Lipinski definition) is 0. The Labute approximate surface area is 237 Å². The normalized spacial score (nSPS) is 17.3. The molecule has 1 atom stereocenters. The highest BCUT2D eigenvalue weighted by Gasteiger charge is 2.36. The van der Waals surface area contributed by atoms with Gasteiger partial charge in [-0.15, -0.1) is 0 Å². The van der Waals surface area contributed by atoms with Gasteiger partial charge in [0.25, 0.3) is 0 Å². The Hall–Kier alpha value is -3.52. The minimum atomic E-state index is -3.63. The van der Waals surface area contributed by atoms with Crippen molar-refractivity contribution >= 4 is 42.9 Å². The molecular formula is C32H28BrN3O2S. The van der Waals surface area contributed by atoms with E-state index < -0.39 is 10.0 Å². The van der Waals surface area contributed by atoms with Crippen LogP contribution in [0.5, 0.6) is 0 Å². The van der Waals surface area contributed by atoms with Gasteiger partial charge < -0.3 is 0 Å². The van der Waals surface area contributed by atoms with Gasteiger partial charge in [-0.1, -0.05) is 76.1 Å². The molecule has 5 nitrogen and oxygen atoms in total. The number of aromatic nitrogens is 2. The standard InChI is InChI=1S/C32H28BrN3O2S/c1-23-9-15-30(16-10-23)39(37,38)35-21-26(18-24-11-13-28(33)14-12-24)27(22-35)20-29-19-25-6-2-3-7-31(25)36(29)32-8-4-5-17-34-32/h2-19,27H,20-22H2,1H3/b26-18+/t27-/m0/s1. The van der Waals surface area contributed by atoms with Gasteiger partial charge in [0, 0.05) is 40.8 Å². The maximum atomic E-state index is 13.7. The first-order chi connectivity index (χ1) is 18.9. The van der Waals surface area contributed by atoms with Gasteiger partial charge in [-0.3, -0.25) is 4.57 Å². The number of para-hydroxylation sites is 1.